The molecule has 1 amide bonds. The van der Waals surface area contributed by atoms with Gasteiger partial charge in [-0.3, -0.25) is 9.18 Å². The van der Waals surface area contributed by atoms with Gasteiger partial charge in [-0.2, -0.15) is 0 Å². The normalized spacial score (nSPS) is 22.9. The Kier molecular flexibility index (Phi) is 2.63. The molecule has 1 heterocycles. The number of amides is 1. The summed E-state index contributed by atoms with van der Waals surface area (Å²) in [5.74, 6) is -0.319. The average Bonchev–Trinajstić information content (AvgIpc) is 2.45. The summed E-state index contributed by atoms with van der Waals surface area (Å²) >= 11 is 0. The van der Waals surface area contributed by atoms with Crippen LogP contribution in [0.15, 0.2) is 24.8 Å². The predicted octanol–water partition coefficient (Wildman–Crippen LogP) is 1.16. The zero-order valence-electron chi connectivity index (χ0n) is 6.92. The quantitative estimate of drug-likeness (QED) is 0.448. The van der Waals surface area contributed by atoms with Gasteiger partial charge < -0.3 is 4.90 Å². The van der Waals surface area contributed by atoms with Crippen LogP contribution in [-0.4, -0.2) is 30.6 Å². The number of carbonyl (C=O) groups is 1. The van der Waals surface area contributed by atoms with Crippen molar-refractivity contribution in [3.63, 3.8) is 0 Å². The largest absolute Gasteiger partial charge is 0.334 e. The first-order chi connectivity index (χ1) is 5.69. The Bertz CT molecular complexity index is 225. The van der Waals surface area contributed by atoms with E-state index in [1.165, 1.54) is 6.08 Å². The minimum absolute atomic E-state index is 0.146. The third-order valence-electron chi connectivity index (χ3n) is 2.08. The van der Waals surface area contributed by atoms with Gasteiger partial charge in [0.2, 0.25) is 5.91 Å². The van der Waals surface area contributed by atoms with E-state index < -0.39 is 6.67 Å². The number of rotatable bonds is 2. The molecule has 1 fully saturated rings. The van der Waals surface area contributed by atoms with E-state index in [-0.39, 0.29) is 11.8 Å². The van der Waals surface area contributed by atoms with Gasteiger partial charge >= 0.3 is 0 Å². The summed E-state index contributed by atoms with van der Waals surface area (Å²) in [5, 5.41) is 0. The molecule has 2 nitrogen and oxygen atoms in total. The maximum Gasteiger partial charge on any atom is 0.246 e. The Balaban J connectivity index is 2.59. The predicted molar refractivity (Wildman–Crippen MR) is 45.4 cm³/mol. The molecule has 1 saturated heterocycles. The molecule has 0 N–H and O–H groups in total. The van der Waals surface area contributed by atoms with Gasteiger partial charge in [0, 0.05) is 19.0 Å². The van der Waals surface area contributed by atoms with E-state index in [1.807, 2.05) is 0 Å². The summed E-state index contributed by atoms with van der Waals surface area (Å²) < 4.78 is 12.3. The van der Waals surface area contributed by atoms with Crippen molar-refractivity contribution >= 4 is 5.91 Å². The van der Waals surface area contributed by atoms with Crippen LogP contribution >= 0.6 is 0 Å². The van der Waals surface area contributed by atoms with Crippen molar-refractivity contribution in [2.75, 3.05) is 19.8 Å². The Labute approximate surface area is 71.4 Å². The number of hydrogen-bond donors (Lipinski definition) is 0. The molecule has 66 valence electrons. The van der Waals surface area contributed by atoms with Crippen molar-refractivity contribution in [1.82, 2.24) is 4.90 Å². The van der Waals surface area contributed by atoms with E-state index in [1.54, 1.807) is 4.90 Å². The monoisotopic (exact) mass is 169 g/mol. The molecule has 12 heavy (non-hydrogen) atoms. The number of hydrogen-bond acceptors (Lipinski definition) is 1. The molecule has 0 aromatic heterocycles. The first-order valence-electron chi connectivity index (χ1n) is 3.84. The molecule has 0 radical (unpaired) electrons. The molecule has 0 spiro atoms. The number of likely N-dealkylation sites (tertiary alicyclic amines) is 1. The van der Waals surface area contributed by atoms with E-state index in [0.29, 0.717) is 13.1 Å². The smallest absolute Gasteiger partial charge is 0.246 e. The number of alkyl halides is 1. The van der Waals surface area contributed by atoms with Crippen molar-refractivity contribution in [1.29, 1.82) is 0 Å². The lowest BCUT2D eigenvalue weighted by Gasteiger charge is -2.11. The van der Waals surface area contributed by atoms with Gasteiger partial charge in [0.25, 0.3) is 0 Å². The van der Waals surface area contributed by atoms with Crippen molar-refractivity contribution in [3.8, 4) is 0 Å². The first kappa shape index (κ1) is 8.97. The Morgan fingerprint density at radius 3 is 2.92 bits per heavy atom. The van der Waals surface area contributed by atoms with Crippen LogP contribution in [0.1, 0.15) is 0 Å². The van der Waals surface area contributed by atoms with Crippen LogP contribution in [-0.2, 0) is 4.79 Å². The summed E-state index contributed by atoms with van der Waals surface area (Å²) in [6.45, 7) is 7.56. The van der Waals surface area contributed by atoms with Crippen LogP contribution in [0.3, 0.4) is 0 Å². The third-order valence-corrected chi connectivity index (χ3v) is 2.08. The number of nitrogens with zero attached hydrogens (tertiary/aromatic N) is 1. The maximum absolute atomic E-state index is 12.3. The van der Waals surface area contributed by atoms with Crippen LogP contribution in [0, 0.1) is 5.92 Å². The van der Waals surface area contributed by atoms with Crippen LogP contribution in [0.2, 0.25) is 0 Å². The van der Waals surface area contributed by atoms with Crippen LogP contribution in [0.4, 0.5) is 4.39 Å². The lowest BCUT2D eigenvalue weighted by atomic mass is 10.1. The molecular weight excluding hydrogens is 157 g/mol. The van der Waals surface area contributed by atoms with Crippen molar-refractivity contribution < 1.29 is 9.18 Å². The molecule has 3 heteroatoms. The highest BCUT2D eigenvalue weighted by molar-refractivity contribution is 5.87. The SMILES string of the molecule is C=CC(=O)N1CC(=C)C(CF)C1. The zero-order valence-corrected chi connectivity index (χ0v) is 6.92. The van der Waals surface area contributed by atoms with Crippen molar-refractivity contribution in [2.45, 2.75) is 0 Å². The molecule has 1 aliphatic heterocycles. The average molecular weight is 169 g/mol. The molecule has 1 atom stereocenters. The fourth-order valence-corrected chi connectivity index (χ4v) is 1.29. The first-order valence-corrected chi connectivity index (χ1v) is 3.84. The summed E-state index contributed by atoms with van der Waals surface area (Å²) in [6, 6.07) is 0. The summed E-state index contributed by atoms with van der Waals surface area (Å²) in [7, 11) is 0. The minimum Gasteiger partial charge on any atom is -0.334 e. The second kappa shape index (κ2) is 3.52. The summed E-state index contributed by atoms with van der Waals surface area (Å²) in [4.78, 5) is 12.6. The maximum atomic E-state index is 12.3. The molecule has 0 saturated carbocycles. The fraction of sp³-hybridized carbons (Fsp3) is 0.444. The van der Waals surface area contributed by atoms with E-state index in [9.17, 15) is 9.18 Å². The topological polar surface area (TPSA) is 20.3 Å². The van der Waals surface area contributed by atoms with E-state index in [4.69, 9.17) is 0 Å². The van der Waals surface area contributed by atoms with E-state index in [2.05, 4.69) is 13.2 Å². The van der Waals surface area contributed by atoms with Gasteiger partial charge in [-0.1, -0.05) is 18.7 Å². The van der Waals surface area contributed by atoms with Crippen LogP contribution in [0.25, 0.3) is 0 Å². The van der Waals surface area contributed by atoms with Gasteiger partial charge in [-0.15, -0.1) is 0 Å². The van der Waals surface area contributed by atoms with Crippen LogP contribution in [0.5, 0.6) is 0 Å². The molecule has 0 aliphatic carbocycles. The minimum atomic E-state index is -0.431. The Hall–Kier alpha value is -1.12. The fourth-order valence-electron chi connectivity index (χ4n) is 1.29. The molecule has 1 unspecified atom stereocenters. The highest BCUT2D eigenvalue weighted by atomic mass is 19.1. The molecule has 0 bridgehead atoms. The van der Waals surface area contributed by atoms with Crippen LogP contribution < -0.4 is 0 Å². The molecule has 1 rings (SSSR count). The second-order valence-electron chi connectivity index (χ2n) is 2.93. The van der Waals surface area contributed by atoms with E-state index in [0.717, 1.165) is 5.57 Å². The van der Waals surface area contributed by atoms with Gasteiger partial charge in [0.15, 0.2) is 0 Å². The van der Waals surface area contributed by atoms with E-state index >= 15 is 0 Å². The molecule has 0 aromatic rings. The number of carbonyl (C=O) groups excluding carboxylic acids is 1. The third kappa shape index (κ3) is 1.55. The summed E-state index contributed by atoms with van der Waals surface area (Å²) in [6.07, 6.45) is 1.24. The molecular formula is C9H12FNO. The number of halogens is 1. The second-order valence-corrected chi connectivity index (χ2v) is 2.93. The van der Waals surface area contributed by atoms with Crippen molar-refractivity contribution in [3.05, 3.63) is 24.8 Å². The highest BCUT2D eigenvalue weighted by Crippen LogP contribution is 2.21. The lowest BCUT2D eigenvalue weighted by molar-refractivity contribution is -0.125. The molecule has 1 aliphatic rings. The van der Waals surface area contributed by atoms with Gasteiger partial charge in [-0.05, 0) is 6.08 Å². The Morgan fingerprint density at radius 2 is 2.50 bits per heavy atom. The van der Waals surface area contributed by atoms with Gasteiger partial charge in [0.05, 0.1) is 6.67 Å². The lowest BCUT2D eigenvalue weighted by Crippen LogP contribution is -2.26. The zero-order chi connectivity index (χ0) is 9.14. The molecule has 0 aromatic carbocycles. The van der Waals surface area contributed by atoms with Gasteiger partial charge in [-0.25, -0.2) is 0 Å². The standard InChI is InChI=1S/C9H12FNO/c1-3-9(12)11-5-7(2)8(4-10)6-11/h3,8H,1-2,4-6H2. The summed E-state index contributed by atoms with van der Waals surface area (Å²) in [5.41, 5.74) is 0.799. The Morgan fingerprint density at radius 1 is 1.83 bits per heavy atom. The highest BCUT2D eigenvalue weighted by Gasteiger charge is 2.27. The van der Waals surface area contributed by atoms with Crippen molar-refractivity contribution in [2.24, 2.45) is 5.92 Å². The van der Waals surface area contributed by atoms with Gasteiger partial charge in [0.1, 0.15) is 0 Å².